The zero-order valence-corrected chi connectivity index (χ0v) is 8.97. The van der Waals surface area contributed by atoms with Gasteiger partial charge in [0.05, 0.1) is 0 Å². The highest BCUT2D eigenvalue weighted by Gasteiger charge is 2.05. The predicted molar refractivity (Wildman–Crippen MR) is 66.7 cm³/mol. The maximum absolute atomic E-state index is 11.3. The van der Waals surface area contributed by atoms with Crippen molar-refractivity contribution in [1.82, 2.24) is 4.57 Å². The van der Waals surface area contributed by atoms with E-state index >= 15 is 0 Å². The molecule has 0 atom stereocenters. The lowest BCUT2D eigenvalue weighted by atomic mass is 10.2. The normalized spacial score (nSPS) is 11.1. The molecule has 0 amide bonds. The molecule has 78 valence electrons. The maximum atomic E-state index is 11.3. The van der Waals surface area contributed by atoms with Crippen molar-refractivity contribution in [3.63, 3.8) is 0 Å². The first-order chi connectivity index (χ1) is 7.77. The number of hydrogen-bond donors (Lipinski definition) is 0. The Morgan fingerprint density at radius 2 is 1.44 bits per heavy atom. The van der Waals surface area contributed by atoms with Gasteiger partial charge in [-0.1, -0.05) is 18.2 Å². The van der Waals surface area contributed by atoms with Gasteiger partial charge in [-0.15, -0.1) is 0 Å². The third-order valence-electron chi connectivity index (χ3n) is 3.01. The fraction of sp³-hybridized carbons (Fsp3) is 0.0714. The highest BCUT2D eigenvalue weighted by molar-refractivity contribution is 6.07. The number of para-hydroxylation sites is 1. The Balaban J connectivity index is 2.67. The van der Waals surface area contributed by atoms with Crippen LogP contribution in [0.2, 0.25) is 0 Å². The summed E-state index contributed by atoms with van der Waals surface area (Å²) in [4.78, 5) is 11.3. The van der Waals surface area contributed by atoms with E-state index in [0.717, 1.165) is 10.9 Å². The molecule has 0 spiro atoms. The van der Waals surface area contributed by atoms with Crippen LogP contribution in [0.3, 0.4) is 0 Å². The highest BCUT2D eigenvalue weighted by atomic mass is 16.1. The molecule has 0 unspecified atom stereocenters. The quantitative estimate of drug-likeness (QED) is 0.558. The minimum absolute atomic E-state index is 0.0419. The zero-order chi connectivity index (χ0) is 11.1. The second-order valence-corrected chi connectivity index (χ2v) is 3.94. The minimum atomic E-state index is 0.0419. The first-order valence-electron chi connectivity index (χ1n) is 5.25. The largest absolute Gasteiger partial charge is 0.344 e. The summed E-state index contributed by atoms with van der Waals surface area (Å²) in [6.45, 7) is 0. The zero-order valence-electron chi connectivity index (χ0n) is 8.97. The second-order valence-electron chi connectivity index (χ2n) is 3.94. The van der Waals surface area contributed by atoms with Crippen LogP contribution in [0.25, 0.3) is 21.8 Å². The third kappa shape index (κ3) is 1.16. The van der Waals surface area contributed by atoms with Crippen molar-refractivity contribution in [2.24, 2.45) is 7.05 Å². The van der Waals surface area contributed by atoms with E-state index in [0.29, 0.717) is 0 Å². The molecule has 0 radical (unpaired) electrons. The third-order valence-corrected chi connectivity index (χ3v) is 3.01. The summed E-state index contributed by atoms with van der Waals surface area (Å²) in [5.41, 5.74) is 2.32. The van der Waals surface area contributed by atoms with E-state index in [1.807, 2.05) is 31.3 Å². The number of fused-ring (bicyclic) bond motifs is 3. The number of hydrogen-bond acceptors (Lipinski definition) is 1. The molecule has 0 aliphatic carbocycles. The van der Waals surface area contributed by atoms with Gasteiger partial charge in [0.2, 0.25) is 0 Å². The van der Waals surface area contributed by atoms with Gasteiger partial charge in [0.1, 0.15) is 0 Å². The lowest BCUT2D eigenvalue weighted by Crippen LogP contribution is -1.89. The van der Waals surface area contributed by atoms with Gasteiger partial charge in [-0.3, -0.25) is 4.79 Å². The van der Waals surface area contributed by atoms with Crippen LogP contribution >= 0.6 is 0 Å². The van der Waals surface area contributed by atoms with Crippen LogP contribution in [0.15, 0.2) is 53.3 Å². The summed E-state index contributed by atoms with van der Waals surface area (Å²) in [5.74, 6) is 0. The molecule has 0 saturated carbocycles. The number of aryl methyl sites for hydroxylation is 1. The van der Waals surface area contributed by atoms with E-state index < -0.39 is 0 Å². The van der Waals surface area contributed by atoms with Gasteiger partial charge in [0.25, 0.3) is 0 Å². The van der Waals surface area contributed by atoms with E-state index in [-0.39, 0.29) is 5.43 Å². The summed E-state index contributed by atoms with van der Waals surface area (Å²) in [7, 11) is 2.02. The van der Waals surface area contributed by atoms with Gasteiger partial charge < -0.3 is 4.57 Å². The molecule has 0 saturated heterocycles. The Hall–Kier alpha value is -2.09. The molecule has 2 aromatic carbocycles. The second kappa shape index (κ2) is 3.20. The monoisotopic (exact) mass is 209 g/mol. The summed E-state index contributed by atoms with van der Waals surface area (Å²) >= 11 is 0. The van der Waals surface area contributed by atoms with Gasteiger partial charge in [-0.2, -0.15) is 0 Å². The SMILES string of the molecule is Cn1c2ccccc2c2ccc(=O)ccc21. The van der Waals surface area contributed by atoms with E-state index in [2.05, 4.69) is 16.7 Å². The highest BCUT2D eigenvalue weighted by Crippen LogP contribution is 2.26. The van der Waals surface area contributed by atoms with Gasteiger partial charge >= 0.3 is 0 Å². The number of rotatable bonds is 0. The predicted octanol–water partition coefficient (Wildman–Crippen LogP) is 2.69. The average Bonchev–Trinajstić information content (AvgIpc) is 2.46. The standard InChI is InChI=1S/C14H11NO/c1-15-13-5-3-2-4-11(13)12-8-6-10(16)7-9-14(12)15/h2-9H,1H3. The fourth-order valence-corrected chi connectivity index (χ4v) is 2.20. The Morgan fingerprint density at radius 1 is 0.812 bits per heavy atom. The lowest BCUT2D eigenvalue weighted by Gasteiger charge is -1.94. The van der Waals surface area contributed by atoms with Gasteiger partial charge in [0, 0.05) is 28.9 Å². The van der Waals surface area contributed by atoms with Gasteiger partial charge in [-0.25, -0.2) is 0 Å². The molecule has 2 nitrogen and oxygen atoms in total. The Kier molecular flexibility index (Phi) is 1.83. The van der Waals surface area contributed by atoms with Crippen molar-refractivity contribution in [3.8, 4) is 0 Å². The van der Waals surface area contributed by atoms with Crippen LogP contribution in [0.5, 0.6) is 0 Å². The molecule has 1 aromatic heterocycles. The van der Waals surface area contributed by atoms with Crippen LogP contribution in [0.4, 0.5) is 0 Å². The van der Waals surface area contributed by atoms with Crippen molar-refractivity contribution >= 4 is 21.8 Å². The average molecular weight is 209 g/mol. The summed E-state index contributed by atoms with van der Waals surface area (Å²) in [5, 5.41) is 2.32. The van der Waals surface area contributed by atoms with E-state index in [4.69, 9.17) is 0 Å². The smallest absolute Gasteiger partial charge is 0.178 e. The molecule has 1 heterocycles. The van der Waals surface area contributed by atoms with E-state index in [1.165, 1.54) is 10.9 Å². The molecule has 0 N–H and O–H groups in total. The van der Waals surface area contributed by atoms with Crippen LogP contribution in [0.1, 0.15) is 0 Å². The maximum Gasteiger partial charge on any atom is 0.178 e. The topological polar surface area (TPSA) is 22.0 Å². The number of benzene rings is 1. The van der Waals surface area contributed by atoms with Crippen molar-refractivity contribution in [2.45, 2.75) is 0 Å². The summed E-state index contributed by atoms with van der Waals surface area (Å²) in [6.07, 6.45) is 0. The Morgan fingerprint density at radius 3 is 2.31 bits per heavy atom. The first-order valence-corrected chi connectivity index (χ1v) is 5.25. The van der Waals surface area contributed by atoms with Crippen molar-refractivity contribution in [3.05, 3.63) is 58.8 Å². The van der Waals surface area contributed by atoms with Crippen LogP contribution < -0.4 is 5.43 Å². The molecule has 3 rings (SSSR count). The lowest BCUT2D eigenvalue weighted by molar-refractivity contribution is 1.01. The molecule has 0 bridgehead atoms. The Bertz CT molecular complexity index is 740. The van der Waals surface area contributed by atoms with Crippen LogP contribution in [0, 0.1) is 0 Å². The molecule has 2 heteroatoms. The minimum Gasteiger partial charge on any atom is -0.344 e. The fourth-order valence-electron chi connectivity index (χ4n) is 2.20. The molecule has 0 aliphatic heterocycles. The summed E-state index contributed by atoms with van der Waals surface area (Å²) < 4.78 is 2.12. The van der Waals surface area contributed by atoms with E-state index in [9.17, 15) is 4.79 Å². The van der Waals surface area contributed by atoms with Crippen molar-refractivity contribution < 1.29 is 0 Å². The molecular weight excluding hydrogens is 198 g/mol. The summed E-state index contributed by atoms with van der Waals surface area (Å²) in [6, 6.07) is 15.2. The molecule has 3 aromatic rings. The molecular formula is C14H11NO. The molecule has 16 heavy (non-hydrogen) atoms. The van der Waals surface area contributed by atoms with E-state index in [1.54, 1.807) is 12.1 Å². The van der Waals surface area contributed by atoms with Gasteiger partial charge in [0.15, 0.2) is 5.43 Å². The molecule has 0 fully saturated rings. The molecule has 0 aliphatic rings. The Labute approximate surface area is 92.8 Å². The number of nitrogens with zero attached hydrogens (tertiary/aromatic N) is 1. The van der Waals surface area contributed by atoms with Crippen LogP contribution in [-0.2, 0) is 7.05 Å². The van der Waals surface area contributed by atoms with Crippen molar-refractivity contribution in [2.75, 3.05) is 0 Å². The van der Waals surface area contributed by atoms with Crippen molar-refractivity contribution in [1.29, 1.82) is 0 Å². The number of aromatic nitrogens is 1. The first kappa shape index (κ1) is 9.16. The van der Waals surface area contributed by atoms with Gasteiger partial charge in [-0.05, 0) is 30.3 Å². The van der Waals surface area contributed by atoms with Crippen LogP contribution in [-0.4, -0.2) is 4.57 Å².